The van der Waals surface area contributed by atoms with Gasteiger partial charge < -0.3 is 14.1 Å². The summed E-state index contributed by atoms with van der Waals surface area (Å²) in [7, 11) is 0. The molecule has 5 rings (SSSR count). The van der Waals surface area contributed by atoms with Crippen LogP contribution in [0.2, 0.25) is 0 Å². The number of anilines is 1. The van der Waals surface area contributed by atoms with Crippen LogP contribution in [0.15, 0.2) is 39.5 Å². The molecule has 1 aliphatic heterocycles. The summed E-state index contributed by atoms with van der Waals surface area (Å²) in [6.07, 6.45) is 4.98. The van der Waals surface area contributed by atoms with E-state index in [4.69, 9.17) is 9.15 Å². The van der Waals surface area contributed by atoms with Gasteiger partial charge in [0.2, 0.25) is 0 Å². The van der Waals surface area contributed by atoms with Crippen LogP contribution in [-0.4, -0.2) is 6.73 Å². The van der Waals surface area contributed by atoms with E-state index < -0.39 is 0 Å². The number of ether oxygens (including phenoxy) is 1. The summed E-state index contributed by atoms with van der Waals surface area (Å²) in [6.45, 7) is 3.01. The third-order valence-corrected chi connectivity index (χ3v) is 5.94. The van der Waals surface area contributed by atoms with E-state index in [9.17, 15) is 9.18 Å². The zero-order chi connectivity index (χ0) is 19.3. The molecule has 2 aliphatic rings. The van der Waals surface area contributed by atoms with Crippen molar-refractivity contribution in [3.63, 3.8) is 0 Å². The second-order valence-electron chi connectivity index (χ2n) is 7.72. The first kappa shape index (κ1) is 17.3. The average molecular weight is 379 g/mol. The molecule has 0 amide bonds. The highest BCUT2D eigenvalue weighted by atomic mass is 19.1. The Kier molecular flexibility index (Phi) is 4.11. The van der Waals surface area contributed by atoms with Gasteiger partial charge in [-0.3, -0.25) is 0 Å². The Bertz CT molecular complexity index is 1120. The molecule has 0 radical (unpaired) electrons. The SMILES string of the molecule is Cc1c2c(cc3c4c(c(=O)oc13)CCCCC4)CN(c1ccc(F)cc1)CO2. The number of halogens is 1. The average Bonchev–Trinajstić information content (AvgIpc) is 2.96. The fourth-order valence-corrected chi connectivity index (χ4v) is 4.50. The van der Waals surface area contributed by atoms with Crippen LogP contribution in [0.3, 0.4) is 0 Å². The summed E-state index contributed by atoms with van der Waals surface area (Å²) >= 11 is 0. The zero-order valence-electron chi connectivity index (χ0n) is 15.9. The first-order valence-corrected chi connectivity index (χ1v) is 9.86. The van der Waals surface area contributed by atoms with E-state index >= 15 is 0 Å². The number of hydrogen-bond acceptors (Lipinski definition) is 4. The van der Waals surface area contributed by atoms with E-state index in [-0.39, 0.29) is 11.4 Å². The van der Waals surface area contributed by atoms with E-state index in [0.717, 1.165) is 71.2 Å². The van der Waals surface area contributed by atoms with Crippen molar-refractivity contribution in [3.05, 3.63) is 68.8 Å². The lowest BCUT2D eigenvalue weighted by molar-refractivity contribution is 0.287. The van der Waals surface area contributed by atoms with Gasteiger partial charge in [0.05, 0.1) is 0 Å². The molecule has 4 nitrogen and oxygen atoms in total. The van der Waals surface area contributed by atoms with Crippen LogP contribution >= 0.6 is 0 Å². The fourth-order valence-electron chi connectivity index (χ4n) is 4.50. The largest absolute Gasteiger partial charge is 0.472 e. The van der Waals surface area contributed by atoms with Gasteiger partial charge in [-0.25, -0.2) is 9.18 Å². The van der Waals surface area contributed by atoms with Crippen LogP contribution < -0.4 is 15.3 Å². The van der Waals surface area contributed by atoms with Crippen molar-refractivity contribution in [2.75, 3.05) is 11.6 Å². The van der Waals surface area contributed by atoms with Crippen molar-refractivity contribution in [1.29, 1.82) is 0 Å². The number of nitrogens with zero attached hydrogens (tertiary/aromatic N) is 1. The first-order chi connectivity index (χ1) is 13.6. The Morgan fingerprint density at radius 1 is 1.04 bits per heavy atom. The molecule has 0 saturated heterocycles. The number of hydrogen-bond donors (Lipinski definition) is 0. The predicted molar refractivity (Wildman–Crippen MR) is 107 cm³/mol. The van der Waals surface area contributed by atoms with Gasteiger partial charge in [0.15, 0.2) is 6.73 Å². The minimum absolute atomic E-state index is 0.198. The molecule has 0 bridgehead atoms. The van der Waals surface area contributed by atoms with Crippen molar-refractivity contribution >= 4 is 16.7 Å². The maximum Gasteiger partial charge on any atom is 0.339 e. The molecule has 1 aliphatic carbocycles. The van der Waals surface area contributed by atoms with E-state index in [0.29, 0.717) is 18.9 Å². The molecule has 28 heavy (non-hydrogen) atoms. The highest BCUT2D eigenvalue weighted by Gasteiger charge is 2.25. The molecule has 0 spiro atoms. The van der Waals surface area contributed by atoms with Gasteiger partial charge in [0, 0.05) is 34.3 Å². The highest BCUT2D eigenvalue weighted by Crippen LogP contribution is 2.38. The Labute approximate surface area is 162 Å². The van der Waals surface area contributed by atoms with Crippen molar-refractivity contribution in [2.24, 2.45) is 0 Å². The predicted octanol–water partition coefficient (Wildman–Crippen LogP) is 4.87. The quantitative estimate of drug-likeness (QED) is 0.447. The minimum Gasteiger partial charge on any atom is -0.472 e. The van der Waals surface area contributed by atoms with Crippen LogP contribution in [-0.2, 0) is 19.4 Å². The lowest BCUT2D eigenvalue weighted by Crippen LogP contribution is -2.32. The van der Waals surface area contributed by atoms with E-state index in [1.807, 2.05) is 6.92 Å². The smallest absolute Gasteiger partial charge is 0.339 e. The first-order valence-electron chi connectivity index (χ1n) is 9.86. The topological polar surface area (TPSA) is 42.7 Å². The van der Waals surface area contributed by atoms with E-state index in [1.165, 1.54) is 12.1 Å². The molecule has 2 aromatic carbocycles. The number of fused-ring (bicyclic) bond motifs is 4. The second kappa shape index (κ2) is 6.66. The van der Waals surface area contributed by atoms with Crippen molar-refractivity contribution in [1.82, 2.24) is 0 Å². The van der Waals surface area contributed by atoms with Crippen molar-refractivity contribution in [2.45, 2.75) is 45.6 Å². The minimum atomic E-state index is -0.248. The fraction of sp³-hybridized carbons (Fsp3) is 0.348. The summed E-state index contributed by atoms with van der Waals surface area (Å²) in [6, 6.07) is 8.59. The van der Waals surface area contributed by atoms with Gasteiger partial charge in [-0.05, 0) is 68.5 Å². The number of aryl methyl sites for hydroxylation is 2. The molecular weight excluding hydrogens is 357 g/mol. The molecular formula is C23H22FNO3. The van der Waals surface area contributed by atoms with Crippen molar-refractivity contribution in [3.8, 4) is 5.75 Å². The van der Waals surface area contributed by atoms with Crippen LogP contribution in [0.1, 0.15) is 41.5 Å². The third-order valence-electron chi connectivity index (χ3n) is 5.94. The molecule has 0 atom stereocenters. The zero-order valence-corrected chi connectivity index (χ0v) is 15.9. The van der Waals surface area contributed by atoms with Crippen LogP contribution in [0.5, 0.6) is 5.75 Å². The van der Waals surface area contributed by atoms with Gasteiger partial charge in [-0.2, -0.15) is 0 Å². The van der Waals surface area contributed by atoms with Gasteiger partial charge >= 0.3 is 5.63 Å². The van der Waals surface area contributed by atoms with Gasteiger partial charge in [0.1, 0.15) is 17.1 Å². The number of benzene rings is 2. The van der Waals surface area contributed by atoms with Crippen LogP contribution in [0.25, 0.3) is 11.0 Å². The van der Waals surface area contributed by atoms with Crippen LogP contribution in [0, 0.1) is 12.7 Å². The van der Waals surface area contributed by atoms with E-state index in [2.05, 4.69) is 11.0 Å². The Hall–Kier alpha value is -2.82. The third kappa shape index (κ3) is 2.77. The summed E-state index contributed by atoms with van der Waals surface area (Å²) in [5.41, 5.74) is 5.32. The molecule has 0 saturated carbocycles. The molecule has 3 aromatic rings. The molecule has 1 aromatic heterocycles. The maximum absolute atomic E-state index is 13.3. The summed E-state index contributed by atoms with van der Waals surface area (Å²) in [5, 5.41) is 1.04. The Morgan fingerprint density at radius 2 is 1.79 bits per heavy atom. The summed E-state index contributed by atoms with van der Waals surface area (Å²) in [4.78, 5) is 14.6. The van der Waals surface area contributed by atoms with Gasteiger partial charge in [-0.15, -0.1) is 0 Å². The highest BCUT2D eigenvalue weighted by molar-refractivity contribution is 5.87. The second-order valence-corrected chi connectivity index (χ2v) is 7.72. The Balaban J connectivity index is 1.64. The molecule has 144 valence electrons. The van der Waals surface area contributed by atoms with Gasteiger partial charge in [-0.1, -0.05) is 6.42 Å². The molecule has 2 heterocycles. The monoisotopic (exact) mass is 379 g/mol. The Morgan fingerprint density at radius 3 is 2.57 bits per heavy atom. The standard InChI is InChI=1S/C23H22FNO3/c1-14-21-15(12-25(13-27-21)17-9-7-16(24)8-10-17)11-20-18-5-3-2-4-6-19(18)23(26)28-22(14)20/h7-11H,2-6,12-13H2,1H3. The van der Waals surface area contributed by atoms with E-state index in [1.54, 1.807) is 12.1 Å². The maximum atomic E-state index is 13.3. The lowest BCUT2D eigenvalue weighted by atomic mass is 9.95. The molecule has 0 N–H and O–H groups in total. The summed E-state index contributed by atoms with van der Waals surface area (Å²) in [5.74, 6) is 0.546. The molecule has 5 heteroatoms. The summed E-state index contributed by atoms with van der Waals surface area (Å²) < 4.78 is 25.0. The molecule has 0 fully saturated rings. The normalized spacial score (nSPS) is 16.3. The number of rotatable bonds is 1. The van der Waals surface area contributed by atoms with Crippen LogP contribution in [0.4, 0.5) is 10.1 Å². The van der Waals surface area contributed by atoms with Crippen molar-refractivity contribution < 1.29 is 13.5 Å². The lowest BCUT2D eigenvalue weighted by Gasteiger charge is -2.32. The van der Waals surface area contributed by atoms with Gasteiger partial charge in [0.25, 0.3) is 0 Å². The molecule has 0 unspecified atom stereocenters.